The highest BCUT2D eigenvalue weighted by Crippen LogP contribution is 2.24. The predicted molar refractivity (Wildman–Crippen MR) is 67.5 cm³/mol. The summed E-state index contributed by atoms with van der Waals surface area (Å²) in [6.07, 6.45) is 1.06. The molecule has 4 heteroatoms. The monoisotopic (exact) mass is 236 g/mol. The third kappa shape index (κ3) is 2.65. The minimum Gasteiger partial charge on any atom is -0.480 e. The average molecular weight is 236 g/mol. The Bertz CT molecular complexity index is 389. The molecule has 0 radical (unpaired) electrons. The number of nitrogens with one attached hydrogen (secondary N) is 1. The number of aliphatic carboxylic acids is 1. The fourth-order valence-electron chi connectivity index (χ4n) is 1.65. The van der Waals surface area contributed by atoms with Crippen LogP contribution >= 0.6 is 0 Å². The molecule has 0 aliphatic heterocycles. The van der Waals surface area contributed by atoms with Gasteiger partial charge < -0.3 is 5.11 Å². The van der Waals surface area contributed by atoms with Crippen LogP contribution in [0, 0.1) is 0 Å². The van der Waals surface area contributed by atoms with Crippen molar-refractivity contribution in [3.8, 4) is 0 Å². The van der Waals surface area contributed by atoms with Gasteiger partial charge in [-0.25, -0.2) is 10.2 Å². The summed E-state index contributed by atoms with van der Waals surface area (Å²) in [7, 11) is 0. The maximum atomic E-state index is 11.2. The summed E-state index contributed by atoms with van der Waals surface area (Å²) >= 11 is 0. The second-order valence-corrected chi connectivity index (χ2v) is 4.51. The molecule has 0 aromatic heterocycles. The second kappa shape index (κ2) is 5.29. The van der Waals surface area contributed by atoms with E-state index in [2.05, 4.69) is 19.3 Å². The van der Waals surface area contributed by atoms with Gasteiger partial charge in [-0.05, 0) is 30.4 Å². The van der Waals surface area contributed by atoms with Crippen LogP contribution in [0.2, 0.25) is 0 Å². The van der Waals surface area contributed by atoms with Gasteiger partial charge >= 0.3 is 5.97 Å². The number of carbonyl (C=O) groups is 1. The van der Waals surface area contributed by atoms with Gasteiger partial charge in [0.05, 0.1) is 0 Å². The maximum Gasteiger partial charge on any atom is 0.329 e. The van der Waals surface area contributed by atoms with Crippen LogP contribution in [0.4, 0.5) is 0 Å². The van der Waals surface area contributed by atoms with Gasteiger partial charge in [0.1, 0.15) is 0 Å². The van der Waals surface area contributed by atoms with Gasteiger partial charge in [0.15, 0.2) is 5.54 Å². The molecule has 0 amide bonds. The van der Waals surface area contributed by atoms with E-state index in [1.54, 1.807) is 6.92 Å². The Kier molecular flexibility index (Phi) is 4.26. The lowest BCUT2D eigenvalue weighted by atomic mass is 9.90. The highest BCUT2D eigenvalue weighted by atomic mass is 16.4. The van der Waals surface area contributed by atoms with E-state index in [0.29, 0.717) is 11.5 Å². The first kappa shape index (κ1) is 13.7. The van der Waals surface area contributed by atoms with Crippen molar-refractivity contribution in [3.63, 3.8) is 0 Å². The zero-order valence-electron chi connectivity index (χ0n) is 10.5. The van der Waals surface area contributed by atoms with Crippen molar-refractivity contribution in [1.82, 2.24) is 5.43 Å². The molecule has 0 saturated carbocycles. The average Bonchev–Trinajstić information content (AvgIpc) is 2.36. The SMILES string of the molecule is CCC(C)c1ccc(C(C)(NN)C(=O)O)cc1. The summed E-state index contributed by atoms with van der Waals surface area (Å²) in [5.74, 6) is 4.82. The van der Waals surface area contributed by atoms with E-state index in [9.17, 15) is 4.79 Å². The van der Waals surface area contributed by atoms with Gasteiger partial charge in [-0.3, -0.25) is 5.84 Å². The second-order valence-electron chi connectivity index (χ2n) is 4.51. The first-order valence-corrected chi connectivity index (χ1v) is 5.77. The number of benzene rings is 1. The molecule has 0 aliphatic carbocycles. The zero-order valence-corrected chi connectivity index (χ0v) is 10.5. The lowest BCUT2D eigenvalue weighted by molar-refractivity contribution is -0.144. The molecule has 2 unspecified atom stereocenters. The minimum absolute atomic E-state index is 0.478. The van der Waals surface area contributed by atoms with Gasteiger partial charge in [-0.2, -0.15) is 0 Å². The maximum absolute atomic E-state index is 11.2. The van der Waals surface area contributed by atoms with E-state index in [-0.39, 0.29) is 0 Å². The fourth-order valence-corrected chi connectivity index (χ4v) is 1.65. The molecule has 2 atom stereocenters. The van der Waals surface area contributed by atoms with Gasteiger partial charge in [0.2, 0.25) is 0 Å². The van der Waals surface area contributed by atoms with E-state index in [4.69, 9.17) is 10.9 Å². The van der Waals surface area contributed by atoms with Crippen molar-refractivity contribution in [2.75, 3.05) is 0 Å². The summed E-state index contributed by atoms with van der Waals surface area (Å²) in [6.45, 7) is 5.82. The third-order valence-electron chi connectivity index (χ3n) is 3.39. The summed E-state index contributed by atoms with van der Waals surface area (Å²) in [5.41, 5.74) is 2.98. The van der Waals surface area contributed by atoms with Crippen LogP contribution in [0.25, 0.3) is 0 Å². The summed E-state index contributed by atoms with van der Waals surface area (Å²) in [5, 5.41) is 9.17. The van der Waals surface area contributed by atoms with Crippen LogP contribution in [0.15, 0.2) is 24.3 Å². The van der Waals surface area contributed by atoms with E-state index >= 15 is 0 Å². The third-order valence-corrected chi connectivity index (χ3v) is 3.39. The number of hydrogen-bond acceptors (Lipinski definition) is 3. The summed E-state index contributed by atoms with van der Waals surface area (Å²) < 4.78 is 0. The van der Waals surface area contributed by atoms with Crippen molar-refractivity contribution >= 4 is 5.97 Å². The smallest absolute Gasteiger partial charge is 0.329 e. The number of nitrogens with two attached hydrogens (primary N) is 1. The standard InChI is InChI=1S/C13H20N2O2/c1-4-9(2)10-5-7-11(8-6-10)13(3,15-14)12(16)17/h5-9,15H,4,14H2,1-3H3,(H,16,17). The van der Waals surface area contributed by atoms with E-state index < -0.39 is 11.5 Å². The highest BCUT2D eigenvalue weighted by Gasteiger charge is 2.33. The molecule has 0 heterocycles. The largest absolute Gasteiger partial charge is 0.480 e. The summed E-state index contributed by atoms with van der Waals surface area (Å²) in [4.78, 5) is 11.2. The number of carboxylic acid groups (broad SMARTS) is 1. The van der Waals surface area contributed by atoms with Crippen molar-refractivity contribution < 1.29 is 9.90 Å². The van der Waals surface area contributed by atoms with Crippen LogP contribution in [0.5, 0.6) is 0 Å². The Hall–Kier alpha value is -1.39. The Morgan fingerprint density at radius 1 is 1.47 bits per heavy atom. The zero-order chi connectivity index (χ0) is 13.1. The molecular weight excluding hydrogens is 216 g/mol. The van der Waals surface area contributed by atoms with Crippen molar-refractivity contribution in [1.29, 1.82) is 0 Å². The van der Waals surface area contributed by atoms with Crippen molar-refractivity contribution in [3.05, 3.63) is 35.4 Å². The molecule has 17 heavy (non-hydrogen) atoms. The molecule has 0 bridgehead atoms. The van der Waals surface area contributed by atoms with E-state index in [1.165, 1.54) is 5.56 Å². The van der Waals surface area contributed by atoms with Crippen LogP contribution in [-0.4, -0.2) is 11.1 Å². The van der Waals surface area contributed by atoms with Crippen LogP contribution in [-0.2, 0) is 10.3 Å². The molecule has 0 saturated heterocycles. The normalized spacial score (nSPS) is 16.2. The molecule has 1 aromatic carbocycles. The lowest BCUT2D eigenvalue weighted by Crippen LogP contribution is -2.50. The molecule has 1 aromatic rings. The molecule has 0 spiro atoms. The summed E-state index contributed by atoms with van der Waals surface area (Å²) in [6, 6.07) is 7.55. The Morgan fingerprint density at radius 3 is 2.35 bits per heavy atom. The van der Waals surface area contributed by atoms with Gasteiger partial charge in [0, 0.05) is 0 Å². The minimum atomic E-state index is -1.24. The van der Waals surface area contributed by atoms with E-state index in [0.717, 1.165) is 6.42 Å². The number of hydrogen-bond donors (Lipinski definition) is 3. The number of rotatable bonds is 5. The van der Waals surface area contributed by atoms with Crippen LogP contribution in [0.1, 0.15) is 44.2 Å². The number of carboxylic acids is 1. The molecule has 94 valence electrons. The predicted octanol–water partition coefficient (Wildman–Crippen LogP) is 1.96. The fraction of sp³-hybridized carbons (Fsp3) is 0.462. The lowest BCUT2D eigenvalue weighted by Gasteiger charge is -2.24. The van der Waals surface area contributed by atoms with Gasteiger partial charge in [-0.1, -0.05) is 38.1 Å². The quantitative estimate of drug-likeness (QED) is 0.539. The molecule has 1 rings (SSSR count). The van der Waals surface area contributed by atoms with Gasteiger partial charge in [0.25, 0.3) is 0 Å². The topological polar surface area (TPSA) is 75.3 Å². The van der Waals surface area contributed by atoms with Crippen LogP contribution < -0.4 is 11.3 Å². The van der Waals surface area contributed by atoms with Gasteiger partial charge in [-0.15, -0.1) is 0 Å². The number of hydrazine groups is 1. The molecule has 0 aliphatic rings. The van der Waals surface area contributed by atoms with Crippen molar-refractivity contribution in [2.24, 2.45) is 5.84 Å². The molecule has 4 N–H and O–H groups in total. The molecule has 0 fully saturated rings. The van der Waals surface area contributed by atoms with Crippen molar-refractivity contribution in [2.45, 2.75) is 38.6 Å². The molecule has 4 nitrogen and oxygen atoms in total. The van der Waals surface area contributed by atoms with E-state index in [1.807, 2.05) is 24.3 Å². The Labute approximate surface area is 102 Å². The first-order chi connectivity index (χ1) is 7.95. The first-order valence-electron chi connectivity index (χ1n) is 5.77. The highest BCUT2D eigenvalue weighted by molar-refractivity contribution is 5.80. The van der Waals surface area contributed by atoms with Crippen LogP contribution in [0.3, 0.4) is 0 Å². The Balaban J connectivity index is 3.05. The Morgan fingerprint density at radius 2 is 2.00 bits per heavy atom. The molecular formula is C13H20N2O2.